The SMILES string of the molecule is Cn1cc(C2CCC(N3C[C@@H]4C(C(=O)NCCc5cccc(C(C)(F)F)c5)[C@@H]4C3)CC2)cn1. The number of alkyl halides is 2. The smallest absolute Gasteiger partial charge is 0.270 e. The molecule has 0 bridgehead atoms. The van der Waals surface area contributed by atoms with Gasteiger partial charge in [0.15, 0.2) is 0 Å². The monoisotopic (exact) mass is 456 g/mol. The highest BCUT2D eigenvalue weighted by Gasteiger charge is 2.59. The number of amides is 1. The summed E-state index contributed by atoms with van der Waals surface area (Å²) in [6.45, 7) is 3.49. The highest BCUT2D eigenvalue weighted by atomic mass is 19.3. The Labute approximate surface area is 194 Å². The molecule has 7 heteroatoms. The van der Waals surface area contributed by atoms with E-state index in [-0.39, 0.29) is 17.4 Å². The maximum Gasteiger partial charge on any atom is 0.270 e. The molecule has 0 spiro atoms. The topological polar surface area (TPSA) is 50.2 Å². The fourth-order valence-corrected chi connectivity index (χ4v) is 6.12. The molecule has 3 aliphatic rings. The highest BCUT2D eigenvalue weighted by molar-refractivity contribution is 5.82. The summed E-state index contributed by atoms with van der Waals surface area (Å²) in [6.07, 6.45) is 9.63. The van der Waals surface area contributed by atoms with Crippen LogP contribution < -0.4 is 5.32 Å². The molecule has 178 valence electrons. The van der Waals surface area contributed by atoms with Gasteiger partial charge in [-0.2, -0.15) is 5.10 Å². The largest absolute Gasteiger partial charge is 0.356 e. The van der Waals surface area contributed by atoms with E-state index in [0.717, 1.165) is 25.6 Å². The second kappa shape index (κ2) is 8.82. The van der Waals surface area contributed by atoms with Crippen LogP contribution in [0.3, 0.4) is 0 Å². The maximum atomic E-state index is 13.5. The molecular formula is C26H34F2N4O. The number of aryl methyl sites for hydroxylation is 1. The number of hydrogen-bond donors (Lipinski definition) is 1. The summed E-state index contributed by atoms with van der Waals surface area (Å²) in [4.78, 5) is 15.3. The van der Waals surface area contributed by atoms with E-state index in [0.29, 0.717) is 36.8 Å². The third-order valence-corrected chi connectivity index (χ3v) is 8.08. The van der Waals surface area contributed by atoms with E-state index >= 15 is 0 Å². The summed E-state index contributed by atoms with van der Waals surface area (Å²) in [7, 11) is 1.98. The molecule has 2 aliphatic carbocycles. The average molecular weight is 457 g/mol. The van der Waals surface area contributed by atoms with Gasteiger partial charge in [0.25, 0.3) is 5.92 Å². The van der Waals surface area contributed by atoms with E-state index in [2.05, 4.69) is 21.5 Å². The van der Waals surface area contributed by atoms with Crippen LogP contribution in [0.5, 0.6) is 0 Å². The van der Waals surface area contributed by atoms with Crippen molar-refractivity contribution in [2.75, 3.05) is 19.6 Å². The number of nitrogens with one attached hydrogen (secondary N) is 1. The molecule has 1 N–H and O–H groups in total. The van der Waals surface area contributed by atoms with Crippen LogP contribution in [0.2, 0.25) is 0 Å². The average Bonchev–Trinajstić information content (AvgIpc) is 3.10. The highest BCUT2D eigenvalue weighted by Crippen LogP contribution is 2.53. The van der Waals surface area contributed by atoms with E-state index < -0.39 is 5.92 Å². The standard InChI is InChI=1S/C26H34F2N4O/c1-26(27,28)20-5-3-4-17(12-20)10-11-29-25(33)24-22-15-32(16-23(22)24)21-8-6-18(7-9-21)19-13-30-31(2)14-19/h3-5,12-14,18,21-24H,6-11,15-16H2,1-2H3,(H,29,33)/t18?,21?,22-,23+,24?. The van der Waals surface area contributed by atoms with Gasteiger partial charge in [-0.3, -0.25) is 14.4 Å². The van der Waals surface area contributed by atoms with Crippen molar-refractivity contribution in [3.05, 3.63) is 53.3 Å². The molecule has 3 atom stereocenters. The molecule has 1 aromatic carbocycles. The zero-order valence-electron chi connectivity index (χ0n) is 19.5. The van der Waals surface area contributed by atoms with Crippen molar-refractivity contribution in [1.82, 2.24) is 20.0 Å². The number of benzene rings is 1. The van der Waals surface area contributed by atoms with E-state index in [1.807, 2.05) is 24.0 Å². The van der Waals surface area contributed by atoms with Crippen LogP contribution in [0.4, 0.5) is 8.78 Å². The Bertz CT molecular complexity index is 980. The predicted octanol–water partition coefficient (Wildman–Crippen LogP) is 4.09. The van der Waals surface area contributed by atoms with Gasteiger partial charge in [-0.15, -0.1) is 0 Å². The molecular weight excluding hydrogens is 422 g/mol. The molecule has 1 saturated heterocycles. The first kappa shape index (κ1) is 22.5. The molecule has 5 nitrogen and oxygen atoms in total. The van der Waals surface area contributed by atoms with Gasteiger partial charge < -0.3 is 5.32 Å². The first-order valence-corrected chi connectivity index (χ1v) is 12.3. The summed E-state index contributed by atoms with van der Waals surface area (Å²) in [6, 6.07) is 7.14. The second-order valence-corrected chi connectivity index (χ2v) is 10.4. The molecule has 1 amide bonds. The van der Waals surface area contributed by atoms with Crippen LogP contribution in [-0.4, -0.2) is 46.3 Å². The third-order valence-electron chi connectivity index (χ3n) is 8.08. The fraction of sp³-hybridized carbons (Fsp3) is 0.615. The Morgan fingerprint density at radius 1 is 1.18 bits per heavy atom. The van der Waals surface area contributed by atoms with Crippen LogP contribution in [-0.2, 0) is 24.2 Å². The molecule has 1 unspecified atom stereocenters. The number of carbonyl (C=O) groups is 1. The Morgan fingerprint density at radius 2 is 1.91 bits per heavy atom. The number of nitrogens with zero attached hydrogens (tertiary/aromatic N) is 3. The zero-order valence-corrected chi connectivity index (χ0v) is 19.5. The van der Waals surface area contributed by atoms with Crippen LogP contribution >= 0.6 is 0 Å². The summed E-state index contributed by atoms with van der Waals surface area (Å²) < 4.78 is 28.9. The number of rotatable bonds is 7. The lowest BCUT2D eigenvalue weighted by molar-refractivity contribution is -0.123. The Kier molecular flexibility index (Phi) is 6.02. The number of hydrogen-bond acceptors (Lipinski definition) is 3. The lowest BCUT2D eigenvalue weighted by Crippen LogP contribution is -2.39. The minimum absolute atomic E-state index is 0.0256. The lowest BCUT2D eigenvalue weighted by Gasteiger charge is -2.35. The van der Waals surface area contributed by atoms with Gasteiger partial charge in [0.05, 0.1) is 6.20 Å². The first-order valence-electron chi connectivity index (χ1n) is 12.3. The molecule has 0 radical (unpaired) electrons. The lowest BCUT2D eigenvalue weighted by atomic mass is 9.82. The van der Waals surface area contributed by atoms with Crippen LogP contribution in [0.1, 0.15) is 55.2 Å². The number of likely N-dealkylation sites (tertiary alicyclic amines) is 1. The number of carbonyl (C=O) groups excluding carboxylic acids is 1. The third kappa shape index (κ3) is 4.84. The minimum Gasteiger partial charge on any atom is -0.356 e. The Hall–Kier alpha value is -2.28. The number of halogens is 2. The molecule has 2 heterocycles. The quantitative estimate of drug-likeness (QED) is 0.683. The van der Waals surface area contributed by atoms with Gasteiger partial charge in [-0.05, 0) is 67.1 Å². The summed E-state index contributed by atoms with van der Waals surface area (Å²) in [5.74, 6) is -0.948. The van der Waals surface area contributed by atoms with E-state index in [1.165, 1.54) is 37.3 Å². The summed E-state index contributed by atoms with van der Waals surface area (Å²) in [5, 5.41) is 7.37. The van der Waals surface area contributed by atoms with Crippen molar-refractivity contribution in [2.24, 2.45) is 24.8 Å². The summed E-state index contributed by atoms with van der Waals surface area (Å²) >= 11 is 0. The molecule has 2 saturated carbocycles. The summed E-state index contributed by atoms with van der Waals surface area (Å²) in [5.41, 5.74) is 2.23. The van der Waals surface area contributed by atoms with Crippen LogP contribution in [0.25, 0.3) is 0 Å². The molecule has 2 aromatic rings. The molecule has 1 aliphatic heterocycles. The minimum atomic E-state index is -2.84. The van der Waals surface area contributed by atoms with Gasteiger partial charge >= 0.3 is 0 Å². The number of aromatic nitrogens is 2. The molecule has 5 rings (SSSR count). The van der Waals surface area contributed by atoms with Crippen molar-refractivity contribution in [3.63, 3.8) is 0 Å². The van der Waals surface area contributed by atoms with Crippen molar-refractivity contribution < 1.29 is 13.6 Å². The fourth-order valence-electron chi connectivity index (χ4n) is 6.12. The van der Waals surface area contributed by atoms with Crippen molar-refractivity contribution in [3.8, 4) is 0 Å². The predicted molar refractivity (Wildman–Crippen MR) is 123 cm³/mol. The van der Waals surface area contributed by atoms with Gasteiger partial charge in [0.1, 0.15) is 0 Å². The number of piperidine rings is 1. The van der Waals surface area contributed by atoms with Crippen molar-refractivity contribution in [2.45, 2.75) is 56.9 Å². The normalized spacial score (nSPS) is 29.6. The van der Waals surface area contributed by atoms with E-state index in [9.17, 15) is 13.6 Å². The molecule has 33 heavy (non-hydrogen) atoms. The van der Waals surface area contributed by atoms with Gasteiger partial charge in [0.2, 0.25) is 5.91 Å². The van der Waals surface area contributed by atoms with Crippen LogP contribution in [0, 0.1) is 17.8 Å². The van der Waals surface area contributed by atoms with Crippen LogP contribution in [0.15, 0.2) is 36.7 Å². The van der Waals surface area contributed by atoms with E-state index in [1.54, 1.807) is 12.1 Å². The molecule has 3 fully saturated rings. The Morgan fingerprint density at radius 3 is 2.55 bits per heavy atom. The Balaban J connectivity index is 1.04. The number of fused-ring (bicyclic) bond motifs is 1. The van der Waals surface area contributed by atoms with E-state index in [4.69, 9.17) is 0 Å². The van der Waals surface area contributed by atoms with Crippen molar-refractivity contribution >= 4 is 5.91 Å². The first-order chi connectivity index (χ1) is 15.8. The maximum absolute atomic E-state index is 13.5. The van der Waals surface area contributed by atoms with Gasteiger partial charge in [0, 0.05) is 57.3 Å². The van der Waals surface area contributed by atoms with Gasteiger partial charge in [-0.25, -0.2) is 8.78 Å². The second-order valence-electron chi connectivity index (χ2n) is 10.4. The van der Waals surface area contributed by atoms with Crippen molar-refractivity contribution in [1.29, 1.82) is 0 Å². The molecule has 1 aromatic heterocycles. The van der Waals surface area contributed by atoms with Gasteiger partial charge in [-0.1, -0.05) is 18.2 Å². The zero-order chi connectivity index (χ0) is 23.2.